The fourth-order valence-corrected chi connectivity index (χ4v) is 3.79. The van der Waals surface area contributed by atoms with Crippen molar-refractivity contribution in [3.05, 3.63) is 53.1 Å². The molecule has 2 heterocycles. The first-order valence-corrected chi connectivity index (χ1v) is 10.9. The highest BCUT2D eigenvalue weighted by Gasteiger charge is 2.33. The van der Waals surface area contributed by atoms with Crippen molar-refractivity contribution < 1.29 is 34.0 Å². The molecule has 176 valence electrons. The van der Waals surface area contributed by atoms with Crippen LogP contribution in [0.15, 0.2) is 36.4 Å². The number of Topliss-reactive ketones (excluding diaryl/α,β-unsaturated/α-hetero) is 1. The predicted octanol–water partition coefficient (Wildman–Crippen LogP) is 3.75. The maximum Gasteiger partial charge on any atom is 0.177 e. The second kappa shape index (κ2) is 8.39. The van der Waals surface area contributed by atoms with Gasteiger partial charge in [-0.05, 0) is 57.5 Å². The van der Waals surface area contributed by atoms with E-state index in [2.05, 4.69) is 0 Å². The molecule has 0 aromatic heterocycles. The van der Waals surface area contributed by atoms with E-state index in [1.807, 2.05) is 32.1 Å². The minimum Gasteiger partial charge on any atom is -0.493 e. The summed E-state index contributed by atoms with van der Waals surface area (Å²) in [4.78, 5) is 13.4. The van der Waals surface area contributed by atoms with Crippen molar-refractivity contribution in [2.75, 3.05) is 20.3 Å². The SMILES string of the molecule is COc1cc(C2COc3cc4c(cc3C2=O)C=CC(C)(C)O4)ccc1OC[C@@H](O)C(C)(C)O. The van der Waals surface area contributed by atoms with Crippen molar-refractivity contribution in [2.45, 2.75) is 50.9 Å². The van der Waals surface area contributed by atoms with E-state index in [0.29, 0.717) is 28.6 Å². The Morgan fingerprint density at radius 1 is 1.18 bits per heavy atom. The lowest BCUT2D eigenvalue weighted by atomic mass is 9.87. The first kappa shape index (κ1) is 23.1. The standard InChI is InChI=1S/C26H30O7/c1-25(2)9-8-16-10-17-21(12-20(16)33-25)31-13-18(24(17)28)15-6-7-19(22(11-15)30-5)32-14-23(27)26(3,4)29/h6-12,18,23,27,29H,13-14H2,1-5H3/t18?,23-/m1/s1. The minimum atomic E-state index is -1.29. The van der Waals surface area contributed by atoms with E-state index < -0.39 is 23.2 Å². The van der Waals surface area contributed by atoms with Gasteiger partial charge in [-0.15, -0.1) is 0 Å². The average Bonchev–Trinajstić information content (AvgIpc) is 2.75. The first-order chi connectivity index (χ1) is 15.5. The van der Waals surface area contributed by atoms with Crippen LogP contribution < -0.4 is 18.9 Å². The fourth-order valence-electron chi connectivity index (χ4n) is 3.79. The number of benzene rings is 2. The molecular weight excluding hydrogens is 424 g/mol. The molecule has 0 amide bonds. The Morgan fingerprint density at radius 2 is 1.94 bits per heavy atom. The number of hydrogen-bond acceptors (Lipinski definition) is 7. The molecule has 2 atom stereocenters. The fraction of sp³-hybridized carbons (Fsp3) is 0.423. The summed E-state index contributed by atoms with van der Waals surface area (Å²) in [6, 6.07) is 8.83. The summed E-state index contributed by atoms with van der Waals surface area (Å²) < 4.78 is 23.0. The zero-order chi connectivity index (χ0) is 24.0. The molecule has 1 unspecified atom stereocenters. The van der Waals surface area contributed by atoms with Gasteiger partial charge in [0.05, 0.1) is 24.2 Å². The highest BCUT2D eigenvalue weighted by atomic mass is 16.5. The maximum atomic E-state index is 13.4. The number of ether oxygens (including phenoxy) is 4. The van der Waals surface area contributed by atoms with Crippen LogP contribution in [0.5, 0.6) is 23.0 Å². The van der Waals surface area contributed by atoms with Crippen molar-refractivity contribution in [3.8, 4) is 23.0 Å². The Labute approximate surface area is 193 Å². The smallest absolute Gasteiger partial charge is 0.177 e. The molecule has 2 aliphatic rings. The van der Waals surface area contributed by atoms with Crippen LogP contribution in [0.2, 0.25) is 0 Å². The number of rotatable bonds is 6. The van der Waals surface area contributed by atoms with E-state index in [4.69, 9.17) is 18.9 Å². The molecule has 2 N–H and O–H groups in total. The lowest BCUT2D eigenvalue weighted by Crippen LogP contribution is -2.40. The van der Waals surface area contributed by atoms with Crippen LogP contribution in [-0.4, -0.2) is 53.6 Å². The first-order valence-electron chi connectivity index (χ1n) is 10.9. The van der Waals surface area contributed by atoms with Gasteiger partial charge in [-0.2, -0.15) is 0 Å². The average molecular weight is 455 g/mol. The highest BCUT2D eigenvalue weighted by Crippen LogP contribution is 2.41. The second-order valence-corrected chi connectivity index (χ2v) is 9.54. The Kier molecular flexibility index (Phi) is 5.88. The van der Waals surface area contributed by atoms with Crippen LogP contribution in [0.4, 0.5) is 0 Å². The summed E-state index contributed by atoms with van der Waals surface area (Å²) >= 11 is 0. The van der Waals surface area contributed by atoms with Crippen LogP contribution in [0.3, 0.4) is 0 Å². The topological polar surface area (TPSA) is 94.5 Å². The molecule has 2 aromatic carbocycles. The Bertz CT molecular complexity index is 1090. The van der Waals surface area contributed by atoms with E-state index in [1.165, 1.54) is 21.0 Å². The molecule has 0 spiro atoms. The van der Waals surface area contributed by atoms with E-state index >= 15 is 0 Å². The molecule has 0 bridgehead atoms. The van der Waals surface area contributed by atoms with Crippen molar-refractivity contribution in [3.63, 3.8) is 0 Å². The summed E-state index contributed by atoms with van der Waals surface area (Å²) in [6.07, 6.45) is 2.86. The number of carbonyl (C=O) groups excluding carboxylic acids is 1. The molecule has 0 saturated carbocycles. The van der Waals surface area contributed by atoms with Gasteiger partial charge >= 0.3 is 0 Å². The van der Waals surface area contributed by atoms with Gasteiger partial charge in [-0.1, -0.05) is 12.1 Å². The normalized spacial score (nSPS) is 19.6. The number of carbonyl (C=O) groups is 1. The molecular formula is C26H30O7. The van der Waals surface area contributed by atoms with Gasteiger partial charge < -0.3 is 29.2 Å². The summed E-state index contributed by atoms with van der Waals surface area (Å²) in [7, 11) is 1.51. The summed E-state index contributed by atoms with van der Waals surface area (Å²) in [5, 5.41) is 19.9. The van der Waals surface area contributed by atoms with Gasteiger partial charge in [0.1, 0.15) is 36.4 Å². The van der Waals surface area contributed by atoms with Crippen molar-refractivity contribution >= 4 is 11.9 Å². The number of fused-ring (bicyclic) bond motifs is 2. The van der Waals surface area contributed by atoms with Gasteiger partial charge in [0.2, 0.25) is 0 Å². The van der Waals surface area contributed by atoms with E-state index in [9.17, 15) is 15.0 Å². The Balaban J connectivity index is 1.57. The van der Waals surface area contributed by atoms with Gasteiger partial charge in [0, 0.05) is 11.6 Å². The summed E-state index contributed by atoms with van der Waals surface area (Å²) in [5.74, 6) is 1.53. The van der Waals surface area contributed by atoms with Gasteiger partial charge in [-0.25, -0.2) is 0 Å². The number of methoxy groups -OCH3 is 1. The zero-order valence-electron chi connectivity index (χ0n) is 19.5. The monoisotopic (exact) mass is 454 g/mol. The molecule has 0 saturated heterocycles. The van der Waals surface area contributed by atoms with Crippen molar-refractivity contribution in [1.82, 2.24) is 0 Å². The number of ketones is 1. The number of aliphatic hydroxyl groups is 2. The Hall–Kier alpha value is -3.03. The van der Waals surface area contributed by atoms with Crippen LogP contribution in [0, 0.1) is 0 Å². The molecule has 0 aliphatic carbocycles. The predicted molar refractivity (Wildman–Crippen MR) is 124 cm³/mol. The molecule has 0 fully saturated rings. The van der Waals surface area contributed by atoms with Gasteiger partial charge in [0.25, 0.3) is 0 Å². The molecule has 7 heteroatoms. The third kappa shape index (κ3) is 4.70. The van der Waals surface area contributed by atoms with Crippen molar-refractivity contribution in [2.24, 2.45) is 0 Å². The van der Waals surface area contributed by atoms with Crippen molar-refractivity contribution in [1.29, 1.82) is 0 Å². The van der Waals surface area contributed by atoms with E-state index in [1.54, 1.807) is 24.3 Å². The van der Waals surface area contributed by atoms with Crippen LogP contribution in [-0.2, 0) is 0 Å². The lowest BCUT2D eigenvalue weighted by Gasteiger charge is -2.30. The molecule has 2 aliphatic heterocycles. The quantitative estimate of drug-likeness (QED) is 0.687. The third-order valence-corrected chi connectivity index (χ3v) is 5.94. The summed E-state index contributed by atoms with van der Waals surface area (Å²) in [6.45, 7) is 7.06. The number of aliphatic hydroxyl groups excluding tert-OH is 1. The van der Waals surface area contributed by atoms with E-state index in [-0.39, 0.29) is 19.0 Å². The maximum absolute atomic E-state index is 13.4. The van der Waals surface area contributed by atoms with Crippen LogP contribution >= 0.6 is 0 Å². The second-order valence-electron chi connectivity index (χ2n) is 9.54. The molecule has 2 aromatic rings. The minimum absolute atomic E-state index is 0.0366. The van der Waals surface area contributed by atoms with Gasteiger partial charge in [0.15, 0.2) is 17.3 Å². The molecule has 0 radical (unpaired) electrons. The summed E-state index contributed by atoms with van der Waals surface area (Å²) in [5.41, 5.74) is 0.402. The number of hydrogen-bond donors (Lipinski definition) is 2. The highest BCUT2D eigenvalue weighted by molar-refractivity contribution is 6.05. The molecule has 33 heavy (non-hydrogen) atoms. The van der Waals surface area contributed by atoms with Crippen LogP contribution in [0.1, 0.15) is 55.1 Å². The molecule has 4 rings (SSSR count). The molecule has 7 nitrogen and oxygen atoms in total. The van der Waals surface area contributed by atoms with E-state index in [0.717, 1.165) is 11.1 Å². The zero-order valence-corrected chi connectivity index (χ0v) is 19.5. The van der Waals surface area contributed by atoms with Crippen LogP contribution in [0.25, 0.3) is 6.08 Å². The lowest BCUT2D eigenvalue weighted by molar-refractivity contribution is -0.0664. The Morgan fingerprint density at radius 3 is 2.64 bits per heavy atom. The van der Waals surface area contributed by atoms with Gasteiger partial charge in [-0.3, -0.25) is 4.79 Å². The third-order valence-electron chi connectivity index (χ3n) is 5.94. The largest absolute Gasteiger partial charge is 0.493 e.